The fourth-order valence-electron chi connectivity index (χ4n) is 5.21. The van der Waals surface area contributed by atoms with Crippen molar-refractivity contribution in [3.05, 3.63) is 47.9 Å². The minimum absolute atomic E-state index is 0.133. The summed E-state index contributed by atoms with van der Waals surface area (Å²) in [6, 6.07) is 8.00. The SMILES string of the molecule is O=C1CCCC12CC1(CC2=O)Cc2cccnc2-c2cccnc21. The number of carbonyl (C=O) groups excluding carboxylic acids is 2. The van der Waals surface area contributed by atoms with Crippen LogP contribution in [0.25, 0.3) is 11.3 Å². The summed E-state index contributed by atoms with van der Waals surface area (Å²) < 4.78 is 0. The Balaban J connectivity index is 1.71. The standard InChI is InChI=1S/C20H18N2O2/c23-15-6-1-7-20(15)12-19(11-16(20)24)10-13-4-2-8-21-17(13)14-5-3-9-22-18(14)19/h2-5,8-9H,1,6-7,10-12H2. The number of carbonyl (C=O) groups is 2. The van der Waals surface area contributed by atoms with Crippen molar-refractivity contribution in [3.8, 4) is 11.3 Å². The average molecular weight is 318 g/mol. The van der Waals surface area contributed by atoms with Gasteiger partial charge in [0.05, 0.1) is 16.8 Å². The number of rotatable bonds is 0. The first-order valence-electron chi connectivity index (χ1n) is 8.61. The second-order valence-corrected chi connectivity index (χ2v) is 7.50. The molecule has 2 spiro atoms. The van der Waals surface area contributed by atoms with E-state index in [9.17, 15) is 9.59 Å². The van der Waals surface area contributed by atoms with Gasteiger partial charge in [0.1, 0.15) is 11.6 Å². The fourth-order valence-corrected chi connectivity index (χ4v) is 5.21. The van der Waals surface area contributed by atoms with Crippen molar-refractivity contribution >= 4 is 11.6 Å². The molecule has 2 heterocycles. The molecule has 2 fully saturated rings. The van der Waals surface area contributed by atoms with E-state index in [1.54, 1.807) is 12.4 Å². The minimum atomic E-state index is -0.742. The number of ketones is 2. The fraction of sp³-hybridized carbons (Fsp3) is 0.400. The molecule has 0 saturated heterocycles. The van der Waals surface area contributed by atoms with E-state index in [0.29, 0.717) is 25.7 Å². The summed E-state index contributed by atoms with van der Waals surface area (Å²) in [5.74, 6) is 0.285. The minimum Gasteiger partial charge on any atom is -0.299 e. The number of hydrogen-bond acceptors (Lipinski definition) is 4. The normalized spacial score (nSPS) is 30.8. The molecule has 4 nitrogen and oxygen atoms in total. The summed E-state index contributed by atoms with van der Waals surface area (Å²) in [5.41, 5.74) is 3.03. The highest BCUT2D eigenvalue weighted by atomic mass is 16.2. The molecule has 4 heteroatoms. The zero-order valence-corrected chi connectivity index (χ0v) is 13.4. The van der Waals surface area contributed by atoms with Gasteiger partial charge < -0.3 is 0 Å². The van der Waals surface area contributed by atoms with Crippen molar-refractivity contribution in [2.75, 3.05) is 0 Å². The monoisotopic (exact) mass is 318 g/mol. The van der Waals surface area contributed by atoms with E-state index in [0.717, 1.165) is 35.4 Å². The smallest absolute Gasteiger partial charge is 0.147 e. The maximum absolute atomic E-state index is 12.9. The van der Waals surface area contributed by atoms with Crippen molar-refractivity contribution in [2.45, 2.75) is 43.9 Å². The Morgan fingerprint density at radius 2 is 1.79 bits per heavy atom. The topological polar surface area (TPSA) is 59.9 Å². The van der Waals surface area contributed by atoms with Crippen LogP contribution in [-0.4, -0.2) is 21.5 Å². The number of nitrogens with zero attached hydrogens (tertiary/aromatic N) is 2. The maximum atomic E-state index is 12.9. The molecule has 0 aromatic carbocycles. The Labute approximate surface area is 140 Å². The molecular weight excluding hydrogens is 300 g/mol. The Kier molecular flexibility index (Phi) is 2.68. The molecule has 5 rings (SSSR count). The third kappa shape index (κ3) is 1.63. The van der Waals surface area contributed by atoms with Crippen LogP contribution in [-0.2, 0) is 21.4 Å². The summed E-state index contributed by atoms with van der Waals surface area (Å²) in [6.07, 6.45) is 7.50. The Morgan fingerprint density at radius 1 is 0.958 bits per heavy atom. The molecule has 2 saturated carbocycles. The van der Waals surface area contributed by atoms with Crippen LogP contribution in [0.5, 0.6) is 0 Å². The first-order chi connectivity index (χ1) is 11.6. The van der Waals surface area contributed by atoms with Gasteiger partial charge in [-0.2, -0.15) is 0 Å². The van der Waals surface area contributed by atoms with Crippen molar-refractivity contribution in [1.29, 1.82) is 0 Å². The van der Waals surface area contributed by atoms with E-state index in [-0.39, 0.29) is 17.0 Å². The molecule has 3 aliphatic carbocycles. The van der Waals surface area contributed by atoms with Crippen LogP contribution in [0.3, 0.4) is 0 Å². The van der Waals surface area contributed by atoms with E-state index >= 15 is 0 Å². The van der Waals surface area contributed by atoms with Gasteiger partial charge in [-0.3, -0.25) is 19.6 Å². The molecule has 24 heavy (non-hydrogen) atoms. The zero-order chi connectivity index (χ0) is 16.4. The van der Waals surface area contributed by atoms with E-state index in [1.165, 1.54) is 0 Å². The van der Waals surface area contributed by atoms with Gasteiger partial charge in [0.2, 0.25) is 0 Å². The average Bonchev–Trinajstić information content (AvgIpc) is 3.10. The highest BCUT2D eigenvalue weighted by Crippen LogP contribution is 2.58. The van der Waals surface area contributed by atoms with Crippen LogP contribution in [0.2, 0.25) is 0 Å². The molecule has 120 valence electrons. The van der Waals surface area contributed by atoms with Crippen LogP contribution < -0.4 is 0 Å². The predicted octanol–water partition coefficient (Wildman–Crippen LogP) is 3.04. The summed E-state index contributed by atoms with van der Waals surface area (Å²) in [4.78, 5) is 34.7. The summed E-state index contributed by atoms with van der Waals surface area (Å²) in [6.45, 7) is 0. The van der Waals surface area contributed by atoms with Crippen LogP contribution in [0.15, 0.2) is 36.7 Å². The number of pyridine rings is 2. The summed E-state index contributed by atoms with van der Waals surface area (Å²) in [7, 11) is 0. The first kappa shape index (κ1) is 14.0. The maximum Gasteiger partial charge on any atom is 0.147 e. The van der Waals surface area contributed by atoms with Crippen molar-refractivity contribution in [2.24, 2.45) is 5.41 Å². The third-order valence-electron chi connectivity index (χ3n) is 6.20. The van der Waals surface area contributed by atoms with Gasteiger partial charge in [0.25, 0.3) is 0 Å². The number of aromatic nitrogens is 2. The molecule has 2 atom stereocenters. The Morgan fingerprint density at radius 3 is 2.62 bits per heavy atom. The molecule has 2 aromatic heterocycles. The molecule has 0 N–H and O–H groups in total. The second-order valence-electron chi connectivity index (χ2n) is 7.50. The predicted molar refractivity (Wildman–Crippen MR) is 88.4 cm³/mol. The molecule has 0 amide bonds. The van der Waals surface area contributed by atoms with Gasteiger partial charge in [-0.05, 0) is 49.4 Å². The molecular formula is C20H18N2O2. The van der Waals surface area contributed by atoms with Crippen molar-refractivity contribution in [3.63, 3.8) is 0 Å². The van der Waals surface area contributed by atoms with Crippen LogP contribution in [0.4, 0.5) is 0 Å². The first-order valence-corrected chi connectivity index (χ1v) is 8.61. The Hall–Kier alpha value is -2.36. The zero-order valence-electron chi connectivity index (χ0n) is 13.4. The molecule has 2 aromatic rings. The lowest BCUT2D eigenvalue weighted by molar-refractivity contribution is -0.136. The van der Waals surface area contributed by atoms with Gasteiger partial charge in [0, 0.05) is 36.2 Å². The van der Waals surface area contributed by atoms with Crippen molar-refractivity contribution < 1.29 is 9.59 Å². The number of hydrogen-bond donors (Lipinski definition) is 0. The molecule has 0 radical (unpaired) electrons. The number of Topliss-reactive ketones (excluding diaryl/α,β-unsaturated/α-hetero) is 2. The van der Waals surface area contributed by atoms with Crippen LogP contribution in [0, 0.1) is 5.41 Å². The van der Waals surface area contributed by atoms with Gasteiger partial charge in [-0.15, -0.1) is 0 Å². The van der Waals surface area contributed by atoms with Crippen LogP contribution in [0.1, 0.15) is 43.4 Å². The molecule has 0 aliphatic heterocycles. The quantitative estimate of drug-likeness (QED) is 0.701. The lowest BCUT2D eigenvalue weighted by Crippen LogP contribution is -2.34. The summed E-state index contributed by atoms with van der Waals surface area (Å²) >= 11 is 0. The largest absolute Gasteiger partial charge is 0.299 e. The highest BCUT2D eigenvalue weighted by Gasteiger charge is 2.61. The Bertz CT molecular complexity index is 891. The van der Waals surface area contributed by atoms with E-state index in [4.69, 9.17) is 0 Å². The molecule has 0 bridgehead atoms. The van der Waals surface area contributed by atoms with Gasteiger partial charge in [-0.25, -0.2) is 0 Å². The van der Waals surface area contributed by atoms with E-state index in [2.05, 4.69) is 16.0 Å². The van der Waals surface area contributed by atoms with E-state index < -0.39 is 5.41 Å². The lowest BCUT2D eigenvalue weighted by atomic mass is 9.68. The van der Waals surface area contributed by atoms with Crippen LogP contribution >= 0.6 is 0 Å². The summed E-state index contributed by atoms with van der Waals surface area (Å²) in [5, 5.41) is 0. The lowest BCUT2D eigenvalue weighted by Gasteiger charge is -2.35. The third-order valence-corrected chi connectivity index (χ3v) is 6.20. The van der Waals surface area contributed by atoms with Crippen molar-refractivity contribution in [1.82, 2.24) is 9.97 Å². The highest BCUT2D eigenvalue weighted by molar-refractivity contribution is 6.10. The van der Waals surface area contributed by atoms with Gasteiger partial charge >= 0.3 is 0 Å². The van der Waals surface area contributed by atoms with Gasteiger partial charge in [0.15, 0.2) is 0 Å². The molecule has 3 aliphatic rings. The van der Waals surface area contributed by atoms with Gasteiger partial charge in [-0.1, -0.05) is 6.07 Å². The molecule has 2 unspecified atom stereocenters. The van der Waals surface area contributed by atoms with E-state index in [1.807, 2.05) is 18.2 Å². The number of fused-ring (bicyclic) bond motifs is 4. The second kappa shape index (κ2) is 4.59.